The molecule has 13 heteroatoms. The number of hydrogen-bond donors (Lipinski definition) is 2. The van der Waals surface area contributed by atoms with Gasteiger partial charge < -0.3 is 20.0 Å². The molecular formula is C39H42FN9O3. The molecule has 3 aliphatic rings. The molecule has 1 aromatic heterocycles. The maximum Gasteiger partial charge on any atom is 0.253 e. The Morgan fingerprint density at radius 1 is 0.962 bits per heavy atom. The summed E-state index contributed by atoms with van der Waals surface area (Å²) in [6, 6.07) is 19.4. The fourth-order valence-corrected chi connectivity index (χ4v) is 8.29. The van der Waals surface area contributed by atoms with Gasteiger partial charge in [-0.2, -0.15) is 5.26 Å². The van der Waals surface area contributed by atoms with Gasteiger partial charge in [0.05, 0.1) is 18.0 Å². The topological polar surface area (TPSA) is 151 Å². The molecule has 2 fully saturated rings. The number of tetrazole rings is 1. The zero-order valence-electron chi connectivity index (χ0n) is 29.8. The van der Waals surface area contributed by atoms with Gasteiger partial charge in [0.1, 0.15) is 11.9 Å². The van der Waals surface area contributed by atoms with Crippen molar-refractivity contribution in [2.75, 3.05) is 34.7 Å². The Hall–Kier alpha value is -5.48. The predicted octanol–water partition coefficient (Wildman–Crippen LogP) is 3.28. The molecule has 12 nitrogen and oxygen atoms in total. The second kappa shape index (κ2) is 13.9. The maximum atomic E-state index is 14.1. The van der Waals surface area contributed by atoms with Crippen LogP contribution in [-0.2, 0) is 29.5 Å². The van der Waals surface area contributed by atoms with Crippen LogP contribution in [0, 0.1) is 23.1 Å². The first-order chi connectivity index (χ1) is 25.0. The molecule has 0 bridgehead atoms. The lowest BCUT2D eigenvalue weighted by atomic mass is 9.67. The Morgan fingerprint density at radius 2 is 1.58 bits per heavy atom. The van der Waals surface area contributed by atoms with E-state index in [1.165, 1.54) is 12.1 Å². The van der Waals surface area contributed by atoms with Crippen LogP contribution in [0.2, 0.25) is 0 Å². The van der Waals surface area contributed by atoms with Crippen molar-refractivity contribution in [2.24, 2.45) is 5.92 Å². The van der Waals surface area contributed by atoms with Crippen LogP contribution in [0.15, 0.2) is 60.7 Å². The lowest BCUT2D eigenvalue weighted by Crippen LogP contribution is -2.48. The second-order valence-electron chi connectivity index (χ2n) is 14.7. The van der Waals surface area contributed by atoms with Gasteiger partial charge in [-0.05, 0) is 119 Å². The molecule has 0 unspecified atom stereocenters. The minimum absolute atomic E-state index is 0.00423. The Labute approximate surface area is 302 Å². The van der Waals surface area contributed by atoms with Crippen molar-refractivity contribution in [1.29, 1.82) is 5.26 Å². The average molecular weight is 704 g/mol. The third-order valence-electron chi connectivity index (χ3n) is 10.9. The van der Waals surface area contributed by atoms with E-state index in [4.69, 9.17) is 0 Å². The number of H-pyrrole nitrogens is 1. The van der Waals surface area contributed by atoms with Crippen LogP contribution in [0.4, 0.5) is 4.39 Å². The number of hydrogen-bond acceptors (Lipinski definition) is 8. The van der Waals surface area contributed by atoms with E-state index < -0.39 is 11.5 Å². The summed E-state index contributed by atoms with van der Waals surface area (Å²) in [6.07, 6.45) is 3.59. The standard InChI is InChI=1S/C39H42FN9O3/c1-47(2)36(51)26-9-13-32-24(16-26)7-8-25-17-27(37(52)48(3)4)10-14-33(25)39(32,38-43-45-46-44-38)20-30(15-23-5-11-29(40)12-6-23)42-22-35(50)49-31(21-41)18-28-19-34(28)49/h5-6,9-14,16-17,28,30-31,34,42H,7-8,15,18-20,22H2,1-4H3,(H,43,44,45,46)/t28-,30+,31+,34+/m1/s1. The van der Waals surface area contributed by atoms with E-state index in [0.717, 1.165) is 34.2 Å². The second-order valence-corrected chi connectivity index (χ2v) is 14.7. The Morgan fingerprint density at radius 3 is 2.12 bits per heavy atom. The number of likely N-dealkylation sites (tertiary alicyclic amines) is 1. The number of fused-ring (bicyclic) bond motifs is 3. The van der Waals surface area contributed by atoms with E-state index in [9.17, 15) is 24.0 Å². The lowest BCUT2D eigenvalue weighted by molar-refractivity contribution is -0.131. The number of aromatic nitrogens is 4. The van der Waals surface area contributed by atoms with Crippen LogP contribution in [0.5, 0.6) is 0 Å². The highest BCUT2D eigenvalue weighted by Crippen LogP contribution is 2.49. The van der Waals surface area contributed by atoms with Crippen LogP contribution in [0.1, 0.15) is 73.6 Å². The van der Waals surface area contributed by atoms with Crippen LogP contribution < -0.4 is 5.32 Å². The first-order valence-corrected chi connectivity index (χ1v) is 17.6. The van der Waals surface area contributed by atoms with Crippen molar-refractivity contribution in [3.63, 3.8) is 0 Å². The number of rotatable bonds is 10. The Bertz CT molecular complexity index is 1970. The third kappa shape index (κ3) is 6.43. The first kappa shape index (κ1) is 34.9. The molecule has 4 atom stereocenters. The molecule has 52 heavy (non-hydrogen) atoms. The van der Waals surface area contributed by atoms with Gasteiger partial charge in [-0.3, -0.25) is 14.4 Å². The number of carbonyl (C=O) groups is 3. The molecule has 2 heterocycles. The summed E-state index contributed by atoms with van der Waals surface area (Å²) in [5, 5.41) is 29.0. The van der Waals surface area contributed by atoms with Gasteiger partial charge in [-0.15, -0.1) is 5.10 Å². The van der Waals surface area contributed by atoms with Gasteiger partial charge in [0.2, 0.25) is 5.91 Å². The van der Waals surface area contributed by atoms with E-state index in [-0.39, 0.29) is 42.2 Å². The van der Waals surface area contributed by atoms with E-state index in [1.807, 2.05) is 36.4 Å². The number of benzene rings is 3. The molecule has 4 aromatic rings. The molecule has 268 valence electrons. The molecule has 0 radical (unpaired) electrons. The number of nitrogens with zero attached hydrogens (tertiary/aromatic N) is 7. The number of aromatic amines is 1. The lowest BCUT2D eigenvalue weighted by Gasteiger charge is -2.38. The zero-order valence-corrected chi connectivity index (χ0v) is 29.8. The number of carbonyl (C=O) groups excluding carboxylic acids is 3. The summed E-state index contributed by atoms with van der Waals surface area (Å²) >= 11 is 0. The maximum absolute atomic E-state index is 14.1. The van der Waals surface area contributed by atoms with Crippen LogP contribution in [-0.4, -0.2) is 106 Å². The van der Waals surface area contributed by atoms with Crippen molar-refractivity contribution < 1.29 is 18.8 Å². The number of halogens is 1. The quantitative estimate of drug-likeness (QED) is 0.256. The molecule has 2 aliphatic carbocycles. The minimum Gasteiger partial charge on any atom is -0.345 e. The van der Waals surface area contributed by atoms with Gasteiger partial charge in [0.15, 0.2) is 5.82 Å². The van der Waals surface area contributed by atoms with Crippen molar-refractivity contribution in [3.05, 3.63) is 111 Å². The van der Waals surface area contributed by atoms with E-state index in [2.05, 4.69) is 32.0 Å². The summed E-state index contributed by atoms with van der Waals surface area (Å²) in [5.41, 5.74) is 4.59. The predicted molar refractivity (Wildman–Crippen MR) is 190 cm³/mol. The van der Waals surface area contributed by atoms with Crippen molar-refractivity contribution >= 4 is 17.7 Å². The van der Waals surface area contributed by atoms with E-state index in [1.54, 1.807) is 55.0 Å². The fraction of sp³-hybridized carbons (Fsp3) is 0.410. The highest BCUT2D eigenvalue weighted by atomic mass is 19.1. The number of piperidine rings is 1. The smallest absolute Gasteiger partial charge is 0.253 e. The molecule has 1 saturated heterocycles. The van der Waals surface area contributed by atoms with E-state index >= 15 is 0 Å². The number of nitrogens with one attached hydrogen (secondary N) is 2. The van der Waals surface area contributed by atoms with Crippen molar-refractivity contribution in [3.8, 4) is 6.07 Å². The van der Waals surface area contributed by atoms with Gasteiger partial charge in [0.25, 0.3) is 11.8 Å². The molecule has 3 aromatic carbocycles. The van der Waals surface area contributed by atoms with Crippen LogP contribution in [0.3, 0.4) is 0 Å². The van der Waals surface area contributed by atoms with Gasteiger partial charge in [-0.25, -0.2) is 9.49 Å². The minimum atomic E-state index is -1.03. The summed E-state index contributed by atoms with van der Waals surface area (Å²) in [5.74, 6) is 0.133. The summed E-state index contributed by atoms with van der Waals surface area (Å²) in [7, 11) is 6.87. The van der Waals surface area contributed by atoms with Crippen LogP contribution in [0.25, 0.3) is 0 Å². The van der Waals surface area contributed by atoms with Crippen LogP contribution >= 0.6 is 0 Å². The molecule has 1 saturated carbocycles. The van der Waals surface area contributed by atoms with Gasteiger partial charge >= 0.3 is 0 Å². The number of aryl methyl sites for hydroxylation is 2. The molecule has 3 amide bonds. The number of amides is 3. The number of nitriles is 1. The van der Waals surface area contributed by atoms with Crippen molar-refractivity contribution in [2.45, 2.75) is 62.1 Å². The Kier molecular flexibility index (Phi) is 9.35. The SMILES string of the molecule is CN(C)C(=O)c1ccc2c(c1)CCc1cc(C(=O)N(C)C)ccc1C2(C[C@H](Cc1ccc(F)cc1)NCC(=O)N1[C@H](C#N)C[C@@H]2C[C@@H]21)c1nnn[nH]1. The highest BCUT2D eigenvalue weighted by Gasteiger charge is 2.54. The highest BCUT2D eigenvalue weighted by molar-refractivity contribution is 5.95. The van der Waals surface area contributed by atoms with Gasteiger partial charge in [-0.1, -0.05) is 24.3 Å². The summed E-state index contributed by atoms with van der Waals surface area (Å²) < 4.78 is 14.1. The first-order valence-electron chi connectivity index (χ1n) is 17.6. The molecule has 1 aliphatic heterocycles. The van der Waals surface area contributed by atoms with E-state index in [0.29, 0.717) is 55.0 Å². The van der Waals surface area contributed by atoms with Crippen molar-refractivity contribution in [1.82, 2.24) is 40.6 Å². The third-order valence-corrected chi connectivity index (χ3v) is 10.9. The fourth-order valence-electron chi connectivity index (χ4n) is 8.29. The Balaban J connectivity index is 1.37. The average Bonchev–Trinajstić information content (AvgIpc) is 3.51. The normalized spacial score (nSPS) is 20.1. The molecule has 7 rings (SSSR count). The summed E-state index contributed by atoms with van der Waals surface area (Å²) in [4.78, 5) is 45.0. The molecule has 2 N–H and O–H groups in total. The summed E-state index contributed by atoms with van der Waals surface area (Å²) in [6.45, 7) is 0.00423. The largest absolute Gasteiger partial charge is 0.345 e. The monoisotopic (exact) mass is 703 g/mol. The molecule has 0 spiro atoms. The van der Waals surface area contributed by atoms with Gasteiger partial charge in [0, 0.05) is 51.4 Å². The molecular weight excluding hydrogens is 661 g/mol. The zero-order chi connectivity index (χ0) is 36.7.